The maximum absolute atomic E-state index is 13.1. The molecular formula is C16H10FN3O2. The van der Waals surface area contributed by atoms with E-state index in [4.69, 9.17) is 10.00 Å². The predicted octanol–water partition coefficient (Wildman–Crippen LogP) is 3.50. The molecule has 0 aliphatic rings. The first-order valence-corrected chi connectivity index (χ1v) is 6.45. The molecule has 3 rings (SSSR count). The summed E-state index contributed by atoms with van der Waals surface area (Å²) in [7, 11) is 0. The molecule has 0 radical (unpaired) electrons. The number of carbonyl (C=O) groups excluding carboxylic acids is 1. The van der Waals surface area contributed by atoms with Crippen molar-refractivity contribution in [3.8, 4) is 17.6 Å². The van der Waals surface area contributed by atoms with E-state index in [1.807, 2.05) is 6.07 Å². The monoisotopic (exact) mass is 295 g/mol. The van der Waals surface area contributed by atoms with Crippen molar-refractivity contribution in [1.82, 2.24) is 9.78 Å². The van der Waals surface area contributed by atoms with Crippen LogP contribution >= 0.6 is 0 Å². The Morgan fingerprint density at radius 2 is 2.14 bits per heavy atom. The Hall–Kier alpha value is -3.20. The van der Waals surface area contributed by atoms with Crippen molar-refractivity contribution in [3.05, 3.63) is 54.0 Å². The van der Waals surface area contributed by atoms with Crippen LogP contribution in [-0.2, 0) is 0 Å². The first kappa shape index (κ1) is 13.8. The van der Waals surface area contributed by atoms with Crippen LogP contribution in [0, 0.1) is 17.1 Å². The SMILES string of the molecule is CC(=O)n1ncc2cc(Oc3ccc(F)cc3C#N)ccc21. The first-order valence-electron chi connectivity index (χ1n) is 6.45. The number of hydrogen-bond acceptors (Lipinski definition) is 4. The van der Waals surface area contributed by atoms with Crippen LogP contribution in [0.15, 0.2) is 42.6 Å². The average Bonchev–Trinajstić information content (AvgIpc) is 2.92. The average molecular weight is 295 g/mol. The topological polar surface area (TPSA) is 67.9 Å². The van der Waals surface area contributed by atoms with E-state index in [0.29, 0.717) is 11.3 Å². The van der Waals surface area contributed by atoms with Gasteiger partial charge in [0.1, 0.15) is 23.4 Å². The van der Waals surface area contributed by atoms with E-state index in [0.717, 1.165) is 11.5 Å². The summed E-state index contributed by atoms with van der Waals surface area (Å²) >= 11 is 0. The van der Waals surface area contributed by atoms with Crippen LogP contribution in [0.3, 0.4) is 0 Å². The first-order chi connectivity index (χ1) is 10.6. The van der Waals surface area contributed by atoms with Gasteiger partial charge in [-0.3, -0.25) is 4.79 Å². The predicted molar refractivity (Wildman–Crippen MR) is 77.2 cm³/mol. The quantitative estimate of drug-likeness (QED) is 0.725. The van der Waals surface area contributed by atoms with E-state index >= 15 is 0 Å². The highest BCUT2D eigenvalue weighted by molar-refractivity contribution is 5.90. The number of halogens is 1. The summed E-state index contributed by atoms with van der Waals surface area (Å²) in [6, 6.07) is 10.7. The highest BCUT2D eigenvalue weighted by Crippen LogP contribution is 2.28. The third-order valence-electron chi connectivity index (χ3n) is 3.13. The van der Waals surface area contributed by atoms with Crippen LogP contribution in [0.1, 0.15) is 17.3 Å². The highest BCUT2D eigenvalue weighted by Gasteiger charge is 2.10. The minimum absolute atomic E-state index is 0.111. The van der Waals surface area contributed by atoms with Crippen molar-refractivity contribution >= 4 is 16.8 Å². The summed E-state index contributed by atoms with van der Waals surface area (Å²) in [6.07, 6.45) is 1.56. The van der Waals surface area contributed by atoms with Crippen molar-refractivity contribution in [3.63, 3.8) is 0 Å². The third kappa shape index (κ3) is 2.40. The minimum Gasteiger partial charge on any atom is -0.456 e. The van der Waals surface area contributed by atoms with Gasteiger partial charge < -0.3 is 4.74 Å². The summed E-state index contributed by atoms with van der Waals surface area (Å²) in [6.45, 7) is 1.43. The molecule has 1 aromatic heterocycles. The Bertz CT molecular complexity index is 925. The molecule has 0 atom stereocenters. The molecule has 6 heteroatoms. The molecule has 3 aromatic rings. The largest absolute Gasteiger partial charge is 0.456 e. The number of aromatic nitrogens is 2. The van der Waals surface area contributed by atoms with Gasteiger partial charge in [0.05, 0.1) is 17.3 Å². The highest BCUT2D eigenvalue weighted by atomic mass is 19.1. The van der Waals surface area contributed by atoms with E-state index in [1.54, 1.807) is 24.4 Å². The van der Waals surface area contributed by atoms with Crippen LogP contribution in [0.2, 0.25) is 0 Å². The van der Waals surface area contributed by atoms with Crippen molar-refractivity contribution < 1.29 is 13.9 Å². The van der Waals surface area contributed by atoms with Crippen LogP contribution in [0.5, 0.6) is 11.5 Å². The smallest absolute Gasteiger partial charge is 0.244 e. The summed E-state index contributed by atoms with van der Waals surface area (Å²) in [5, 5.41) is 13.7. The van der Waals surface area contributed by atoms with Crippen molar-refractivity contribution in [2.24, 2.45) is 0 Å². The molecule has 5 nitrogen and oxygen atoms in total. The summed E-state index contributed by atoms with van der Waals surface area (Å²) in [5.41, 5.74) is 0.777. The zero-order valence-electron chi connectivity index (χ0n) is 11.6. The Morgan fingerprint density at radius 3 is 2.86 bits per heavy atom. The summed E-state index contributed by atoms with van der Waals surface area (Å²) in [4.78, 5) is 11.4. The van der Waals surface area contributed by atoms with Gasteiger partial charge in [-0.2, -0.15) is 10.4 Å². The van der Waals surface area contributed by atoms with Gasteiger partial charge in [-0.15, -0.1) is 0 Å². The van der Waals surface area contributed by atoms with Crippen molar-refractivity contribution in [2.45, 2.75) is 6.92 Å². The minimum atomic E-state index is -0.498. The van der Waals surface area contributed by atoms with Crippen LogP contribution < -0.4 is 4.74 Å². The van der Waals surface area contributed by atoms with E-state index in [-0.39, 0.29) is 17.2 Å². The molecular weight excluding hydrogens is 285 g/mol. The Morgan fingerprint density at radius 1 is 1.32 bits per heavy atom. The lowest BCUT2D eigenvalue weighted by Crippen LogP contribution is -2.06. The Labute approximate surface area is 125 Å². The number of carbonyl (C=O) groups is 1. The Kier molecular flexibility index (Phi) is 3.31. The molecule has 108 valence electrons. The normalized spacial score (nSPS) is 10.4. The maximum Gasteiger partial charge on any atom is 0.244 e. The molecule has 0 bridgehead atoms. The summed E-state index contributed by atoms with van der Waals surface area (Å²) < 4.78 is 20.0. The van der Waals surface area contributed by atoms with E-state index in [9.17, 15) is 9.18 Å². The fourth-order valence-electron chi connectivity index (χ4n) is 2.13. The van der Waals surface area contributed by atoms with Gasteiger partial charge in [0, 0.05) is 12.3 Å². The van der Waals surface area contributed by atoms with Gasteiger partial charge in [0.15, 0.2) is 0 Å². The van der Waals surface area contributed by atoms with Gasteiger partial charge in [0.25, 0.3) is 0 Å². The summed E-state index contributed by atoms with van der Waals surface area (Å²) in [5.74, 6) is 0.0528. The lowest BCUT2D eigenvalue weighted by Gasteiger charge is -2.07. The molecule has 0 fully saturated rings. The molecule has 0 saturated heterocycles. The number of rotatable bonds is 2. The van der Waals surface area contributed by atoms with Gasteiger partial charge in [-0.05, 0) is 36.4 Å². The van der Waals surface area contributed by atoms with Crippen LogP contribution in [0.4, 0.5) is 4.39 Å². The molecule has 0 N–H and O–H groups in total. The maximum atomic E-state index is 13.1. The molecule has 22 heavy (non-hydrogen) atoms. The number of fused-ring (bicyclic) bond motifs is 1. The molecule has 1 heterocycles. The number of nitriles is 1. The number of benzene rings is 2. The van der Waals surface area contributed by atoms with Crippen LogP contribution in [0.25, 0.3) is 10.9 Å². The van der Waals surface area contributed by atoms with E-state index in [1.165, 1.54) is 23.7 Å². The fourth-order valence-corrected chi connectivity index (χ4v) is 2.13. The second-order valence-corrected chi connectivity index (χ2v) is 4.65. The second kappa shape index (κ2) is 5.30. The second-order valence-electron chi connectivity index (χ2n) is 4.65. The van der Waals surface area contributed by atoms with E-state index in [2.05, 4.69) is 5.10 Å². The zero-order valence-corrected chi connectivity index (χ0v) is 11.6. The molecule has 0 aliphatic heterocycles. The molecule has 0 saturated carbocycles. The van der Waals surface area contributed by atoms with Crippen molar-refractivity contribution in [2.75, 3.05) is 0 Å². The number of ether oxygens (including phenoxy) is 1. The van der Waals surface area contributed by atoms with Gasteiger partial charge in [0.2, 0.25) is 5.91 Å². The molecule has 0 amide bonds. The van der Waals surface area contributed by atoms with Gasteiger partial charge in [-0.25, -0.2) is 9.07 Å². The standard InChI is InChI=1S/C16H10FN3O2/c1-10(21)20-15-4-3-14(7-12(15)9-19-20)22-16-5-2-13(17)6-11(16)8-18/h2-7,9H,1H3. The molecule has 0 unspecified atom stereocenters. The van der Waals surface area contributed by atoms with Gasteiger partial charge >= 0.3 is 0 Å². The lowest BCUT2D eigenvalue weighted by molar-refractivity contribution is 0.0927. The molecule has 0 spiro atoms. The third-order valence-corrected chi connectivity index (χ3v) is 3.13. The number of nitrogens with zero attached hydrogens (tertiary/aromatic N) is 3. The molecule has 2 aromatic carbocycles. The fraction of sp³-hybridized carbons (Fsp3) is 0.0625. The van der Waals surface area contributed by atoms with E-state index < -0.39 is 5.82 Å². The number of hydrogen-bond donors (Lipinski definition) is 0. The zero-order chi connectivity index (χ0) is 15.7. The lowest BCUT2D eigenvalue weighted by atomic mass is 10.2. The Balaban J connectivity index is 1.99. The van der Waals surface area contributed by atoms with Crippen LogP contribution in [-0.4, -0.2) is 15.7 Å². The van der Waals surface area contributed by atoms with Crippen molar-refractivity contribution in [1.29, 1.82) is 5.26 Å². The van der Waals surface area contributed by atoms with Gasteiger partial charge in [-0.1, -0.05) is 0 Å². The molecule has 0 aliphatic carbocycles.